The lowest BCUT2D eigenvalue weighted by Crippen LogP contribution is -2.63. The molecule has 0 saturated carbocycles. The molecule has 47 heavy (non-hydrogen) atoms. The summed E-state index contributed by atoms with van der Waals surface area (Å²) < 4.78 is 29.3. The number of carbonyl (C=O) groups excluding carboxylic acids is 3. The predicted octanol–water partition coefficient (Wildman–Crippen LogP) is 5.09. The van der Waals surface area contributed by atoms with Crippen molar-refractivity contribution in [3.8, 4) is 5.75 Å². The average Bonchev–Trinajstić information content (AvgIpc) is 3.72. The van der Waals surface area contributed by atoms with Crippen molar-refractivity contribution in [2.24, 2.45) is 11.8 Å². The molecule has 3 aliphatic rings. The maximum Gasteiger partial charge on any atom is 0.409 e. The Hall–Kier alpha value is -3.67. The van der Waals surface area contributed by atoms with E-state index in [0.717, 1.165) is 22.3 Å². The lowest BCUT2D eigenvalue weighted by molar-refractivity contribution is -0.157. The molecule has 11 nitrogen and oxygen atoms in total. The van der Waals surface area contributed by atoms with Gasteiger partial charge in [0.1, 0.15) is 29.7 Å². The molecule has 2 amide bonds. The van der Waals surface area contributed by atoms with E-state index in [4.69, 9.17) is 23.7 Å². The van der Waals surface area contributed by atoms with Gasteiger partial charge in [0, 0.05) is 32.1 Å². The van der Waals surface area contributed by atoms with Gasteiger partial charge in [-0.2, -0.15) is 0 Å². The van der Waals surface area contributed by atoms with Crippen LogP contribution in [-0.2, 0) is 35.0 Å². The lowest BCUT2D eigenvalue weighted by Gasteiger charge is -2.42. The second-order valence-electron chi connectivity index (χ2n) is 13.4. The van der Waals surface area contributed by atoms with E-state index in [2.05, 4.69) is 5.32 Å². The van der Waals surface area contributed by atoms with Crippen molar-refractivity contribution in [2.75, 3.05) is 26.2 Å². The number of hydrogen-bond acceptors (Lipinski definition) is 9. The molecule has 2 fully saturated rings. The van der Waals surface area contributed by atoms with Crippen molar-refractivity contribution in [1.29, 1.82) is 0 Å². The van der Waals surface area contributed by atoms with Crippen molar-refractivity contribution in [3.63, 3.8) is 0 Å². The van der Waals surface area contributed by atoms with Gasteiger partial charge in [-0.05, 0) is 57.4 Å². The minimum atomic E-state index is -1.76. The van der Waals surface area contributed by atoms with E-state index in [1.54, 1.807) is 52.0 Å². The molecule has 7 atom stereocenters. The normalized spacial score (nSPS) is 33.6. The van der Waals surface area contributed by atoms with Crippen LogP contribution in [0.15, 0.2) is 42.0 Å². The molecule has 0 aliphatic carbocycles. The Morgan fingerprint density at radius 1 is 1.23 bits per heavy atom. The number of fused-ring (bicyclic) bond motifs is 5. The van der Waals surface area contributed by atoms with Crippen LogP contribution in [0.1, 0.15) is 72.4 Å². The largest absolute Gasteiger partial charge is 0.496 e. The van der Waals surface area contributed by atoms with E-state index in [1.807, 2.05) is 52.0 Å². The standard InChI is InChI=1S/C36H50N2O9/c1-11-22(5)31-25-16-24(17-26(31)43-9)15-21(4)13-12-14-28(44-10)36(42)19-27(45-34(41)37-36)23(6)32-35(7,47-32)29(18-30(39)38(25)8)46-33(40)20(2)3/h11-14,16-17,20,23,27-29,32,42H,15,18-19H2,1-10H3,(H,37,41)/b14-12+,21-13+,22-11+/t23-,27+,28-,29+,32+,35+,36+/m1/s1. The topological polar surface area (TPSA) is 136 Å². The van der Waals surface area contributed by atoms with Gasteiger partial charge in [0.15, 0.2) is 5.72 Å². The minimum Gasteiger partial charge on any atom is -0.496 e. The number of methoxy groups -OCH3 is 2. The summed E-state index contributed by atoms with van der Waals surface area (Å²) in [6, 6.07) is 3.94. The van der Waals surface area contributed by atoms with Crippen LogP contribution in [0.5, 0.6) is 5.75 Å². The molecule has 4 rings (SSSR count). The number of anilines is 1. The summed E-state index contributed by atoms with van der Waals surface area (Å²) in [5, 5.41) is 14.2. The summed E-state index contributed by atoms with van der Waals surface area (Å²) in [5.41, 5.74) is 1.48. The fourth-order valence-corrected chi connectivity index (χ4v) is 6.47. The molecule has 0 radical (unpaired) electrons. The number of rotatable bonds is 5. The van der Waals surface area contributed by atoms with Crippen molar-refractivity contribution in [3.05, 3.63) is 53.1 Å². The number of hydrogen-bond donors (Lipinski definition) is 2. The number of alkyl carbamates (subject to hydrolysis) is 1. The Kier molecular flexibility index (Phi) is 10.9. The first-order valence-corrected chi connectivity index (χ1v) is 16.1. The first-order chi connectivity index (χ1) is 22.1. The van der Waals surface area contributed by atoms with E-state index in [0.29, 0.717) is 17.9 Å². The number of aliphatic hydroxyl groups is 1. The van der Waals surface area contributed by atoms with Gasteiger partial charge in [0.25, 0.3) is 0 Å². The number of nitrogens with one attached hydrogen (secondary N) is 1. The Labute approximate surface area is 277 Å². The van der Waals surface area contributed by atoms with E-state index in [9.17, 15) is 19.5 Å². The highest BCUT2D eigenvalue weighted by Crippen LogP contribution is 2.49. The molecule has 3 aliphatic heterocycles. The molecule has 2 N–H and O–H groups in total. The molecule has 11 heteroatoms. The van der Waals surface area contributed by atoms with Gasteiger partial charge in [-0.1, -0.05) is 50.6 Å². The zero-order valence-corrected chi connectivity index (χ0v) is 29.2. The van der Waals surface area contributed by atoms with Crippen LogP contribution < -0.4 is 15.0 Å². The molecule has 0 spiro atoms. The Morgan fingerprint density at radius 3 is 2.55 bits per heavy atom. The molecular weight excluding hydrogens is 604 g/mol. The van der Waals surface area contributed by atoms with Crippen molar-refractivity contribution < 1.29 is 43.2 Å². The number of allylic oxidation sites excluding steroid dienone is 5. The molecular formula is C36H50N2O9. The number of nitrogens with zero attached hydrogens (tertiary/aromatic N) is 1. The third-order valence-electron chi connectivity index (χ3n) is 9.57. The van der Waals surface area contributed by atoms with Crippen LogP contribution in [0.2, 0.25) is 0 Å². The predicted molar refractivity (Wildman–Crippen MR) is 178 cm³/mol. The summed E-state index contributed by atoms with van der Waals surface area (Å²) in [6.07, 6.45) is 3.85. The molecule has 3 heterocycles. The third kappa shape index (κ3) is 7.58. The Morgan fingerprint density at radius 2 is 1.94 bits per heavy atom. The SMILES string of the molecule is C/C=C(\C)c1c(OC)cc2cc1N(C)C(=O)C[C@H](OC(=O)C(C)C)[C@]1(C)O[C@H]1[C@H](C)[C@@H]1C[C@@](O)(NC(=O)O1)[C@H](OC)/C=C/C=C(\C)C2. The van der Waals surface area contributed by atoms with Gasteiger partial charge < -0.3 is 33.7 Å². The Bertz CT molecular complexity index is 1470. The summed E-state index contributed by atoms with van der Waals surface area (Å²) >= 11 is 0. The molecule has 0 unspecified atom stereocenters. The zero-order chi connectivity index (χ0) is 34.8. The highest BCUT2D eigenvalue weighted by atomic mass is 16.7. The molecule has 2 saturated heterocycles. The summed E-state index contributed by atoms with van der Waals surface area (Å²) in [7, 11) is 4.77. The quantitative estimate of drug-likeness (QED) is 0.329. The van der Waals surface area contributed by atoms with E-state index in [1.165, 1.54) is 7.11 Å². The first-order valence-electron chi connectivity index (χ1n) is 16.1. The number of ether oxygens (including phenoxy) is 5. The number of esters is 1. The number of amides is 2. The maximum absolute atomic E-state index is 14.1. The molecule has 1 aromatic rings. The third-order valence-corrected chi connectivity index (χ3v) is 9.57. The highest BCUT2D eigenvalue weighted by molar-refractivity contribution is 5.97. The summed E-state index contributed by atoms with van der Waals surface area (Å²) in [5.74, 6) is -0.973. The molecule has 0 aromatic heterocycles. The molecule has 258 valence electrons. The highest BCUT2D eigenvalue weighted by Gasteiger charge is 2.64. The van der Waals surface area contributed by atoms with Crippen LogP contribution in [0.4, 0.5) is 10.5 Å². The maximum atomic E-state index is 14.1. The smallest absolute Gasteiger partial charge is 0.409 e. The second-order valence-corrected chi connectivity index (χ2v) is 13.4. The van der Waals surface area contributed by atoms with Gasteiger partial charge in [-0.25, -0.2) is 4.79 Å². The molecule has 4 bridgehead atoms. The fourth-order valence-electron chi connectivity index (χ4n) is 6.47. The van der Waals surface area contributed by atoms with E-state index < -0.39 is 59.6 Å². The first kappa shape index (κ1) is 36.2. The van der Waals surface area contributed by atoms with Gasteiger partial charge in [0.2, 0.25) is 5.91 Å². The van der Waals surface area contributed by atoms with Gasteiger partial charge >= 0.3 is 12.1 Å². The van der Waals surface area contributed by atoms with Gasteiger partial charge in [0.05, 0.1) is 31.2 Å². The fraction of sp³-hybridized carbons (Fsp3) is 0.583. The van der Waals surface area contributed by atoms with Gasteiger partial charge in [-0.3, -0.25) is 14.9 Å². The number of epoxide rings is 1. The van der Waals surface area contributed by atoms with Crippen LogP contribution in [-0.4, -0.2) is 80.1 Å². The van der Waals surface area contributed by atoms with Crippen LogP contribution in [0.3, 0.4) is 0 Å². The average molecular weight is 655 g/mol. The second kappa shape index (κ2) is 14.2. The van der Waals surface area contributed by atoms with Crippen LogP contribution in [0.25, 0.3) is 5.57 Å². The van der Waals surface area contributed by atoms with E-state index in [-0.39, 0.29) is 18.7 Å². The summed E-state index contributed by atoms with van der Waals surface area (Å²) in [4.78, 5) is 41.4. The zero-order valence-electron chi connectivity index (χ0n) is 29.2. The Balaban J connectivity index is 1.86. The summed E-state index contributed by atoms with van der Waals surface area (Å²) in [6.45, 7) is 13.0. The van der Waals surface area contributed by atoms with Crippen LogP contribution >= 0.6 is 0 Å². The molecule has 1 aromatic carbocycles. The minimum absolute atomic E-state index is 0.0121. The number of carbonyl (C=O) groups is 3. The lowest BCUT2D eigenvalue weighted by atomic mass is 9.83. The number of benzene rings is 1. The van der Waals surface area contributed by atoms with Gasteiger partial charge in [-0.15, -0.1) is 0 Å². The van der Waals surface area contributed by atoms with E-state index >= 15 is 0 Å². The van der Waals surface area contributed by atoms with Crippen molar-refractivity contribution >= 4 is 29.2 Å². The monoisotopic (exact) mass is 654 g/mol. The van der Waals surface area contributed by atoms with Crippen molar-refractivity contribution in [1.82, 2.24) is 5.32 Å². The van der Waals surface area contributed by atoms with Crippen LogP contribution in [0, 0.1) is 11.8 Å². The van der Waals surface area contributed by atoms with Crippen molar-refractivity contribution in [2.45, 2.75) is 103 Å².